The first-order chi connectivity index (χ1) is 12.6. The number of hydrogen-bond acceptors (Lipinski definition) is 4. The molecular formula is C19H26N4O2S. The van der Waals surface area contributed by atoms with Gasteiger partial charge in [0.25, 0.3) is 0 Å². The minimum absolute atomic E-state index is 0.123. The maximum Gasteiger partial charge on any atom is 0.243 e. The van der Waals surface area contributed by atoms with Crippen LogP contribution in [0.4, 0.5) is 0 Å². The third kappa shape index (κ3) is 3.84. The molecule has 0 amide bonds. The summed E-state index contributed by atoms with van der Waals surface area (Å²) in [5.74, 6) is 0. The van der Waals surface area contributed by atoms with Gasteiger partial charge in [-0.3, -0.25) is 5.10 Å². The summed E-state index contributed by atoms with van der Waals surface area (Å²) in [5, 5.41) is 6.84. The fraction of sp³-hybridized carbons (Fsp3) is 0.526. The Bertz CT molecular complexity index is 795. The van der Waals surface area contributed by atoms with E-state index in [2.05, 4.69) is 15.1 Å². The molecule has 0 bridgehead atoms. The molecule has 1 aliphatic carbocycles. The minimum Gasteiger partial charge on any atom is -0.303 e. The Balaban J connectivity index is 1.40. The molecule has 1 saturated heterocycles. The highest BCUT2D eigenvalue weighted by molar-refractivity contribution is 7.89. The Morgan fingerprint density at radius 1 is 1.08 bits per heavy atom. The van der Waals surface area contributed by atoms with Gasteiger partial charge in [0.2, 0.25) is 10.0 Å². The van der Waals surface area contributed by atoms with Gasteiger partial charge in [-0.15, -0.1) is 0 Å². The summed E-state index contributed by atoms with van der Waals surface area (Å²) in [6, 6.07) is 9.21. The number of hydrogen-bond donors (Lipinski definition) is 1. The van der Waals surface area contributed by atoms with Gasteiger partial charge in [0.15, 0.2) is 0 Å². The monoisotopic (exact) mass is 374 g/mol. The number of piperidine rings is 1. The third-order valence-electron chi connectivity index (χ3n) is 5.41. The summed E-state index contributed by atoms with van der Waals surface area (Å²) >= 11 is 0. The number of aromatic nitrogens is 2. The van der Waals surface area contributed by atoms with Crippen LogP contribution in [0.15, 0.2) is 47.6 Å². The van der Waals surface area contributed by atoms with Crippen LogP contribution in [0.3, 0.4) is 0 Å². The van der Waals surface area contributed by atoms with E-state index in [1.807, 2.05) is 22.8 Å². The van der Waals surface area contributed by atoms with Crippen molar-refractivity contribution in [1.82, 2.24) is 19.4 Å². The predicted octanol–water partition coefficient (Wildman–Crippen LogP) is 2.27. The number of likely N-dealkylation sites (tertiary alicyclic amines) is 1. The van der Waals surface area contributed by atoms with Crippen molar-refractivity contribution < 1.29 is 8.42 Å². The van der Waals surface area contributed by atoms with E-state index in [4.69, 9.17) is 0 Å². The lowest BCUT2D eigenvalue weighted by atomic mass is 10.0. The number of rotatable bonds is 7. The average Bonchev–Trinajstić information content (AvgIpc) is 3.35. The largest absolute Gasteiger partial charge is 0.303 e. The van der Waals surface area contributed by atoms with Gasteiger partial charge in [-0.25, -0.2) is 8.42 Å². The first-order valence-electron chi connectivity index (χ1n) is 9.43. The molecule has 1 saturated carbocycles. The smallest absolute Gasteiger partial charge is 0.243 e. The number of sulfonamides is 1. The van der Waals surface area contributed by atoms with Crippen LogP contribution in [-0.4, -0.2) is 59.5 Å². The first kappa shape index (κ1) is 17.7. The Morgan fingerprint density at radius 3 is 2.38 bits per heavy atom. The third-order valence-corrected chi connectivity index (χ3v) is 7.43. The SMILES string of the molecule is O=S(=O)(c1ccccc1)N(C1CC1)C1CCN(CCc2cn[nH]c2)CC1. The quantitative estimate of drug-likeness (QED) is 0.807. The van der Waals surface area contributed by atoms with Gasteiger partial charge in [-0.05, 0) is 62.9 Å². The van der Waals surface area contributed by atoms with Crippen molar-refractivity contribution in [3.63, 3.8) is 0 Å². The molecule has 6 nitrogen and oxygen atoms in total. The molecule has 2 aliphatic rings. The Hall–Kier alpha value is -1.70. The van der Waals surface area contributed by atoms with Crippen LogP contribution in [-0.2, 0) is 16.4 Å². The summed E-state index contributed by atoms with van der Waals surface area (Å²) in [4.78, 5) is 2.86. The van der Waals surface area contributed by atoms with Crippen LogP contribution in [0.25, 0.3) is 0 Å². The molecule has 2 aromatic rings. The molecule has 2 heterocycles. The van der Waals surface area contributed by atoms with Crippen LogP contribution in [0.1, 0.15) is 31.2 Å². The van der Waals surface area contributed by atoms with Gasteiger partial charge < -0.3 is 4.90 Å². The second-order valence-corrected chi connectivity index (χ2v) is 9.15. The molecule has 7 heteroatoms. The normalized spacial score (nSPS) is 19.9. The molecule has 0 radical (unpaired) electrons. The van der Waals surface area contributed by atoms with Crippen molar-refractivity contribution in [2.75, 3.05) is 19.6 Å². The Morgan fingerprint density at radius 2 is 1.77 bits per heavy atom. The van der Waals surface area contributed by atoms with E-state index in [1.54, 1.807) is 24.3 Å². The molecule has 2 fully saturated rings. The Labute approximate surface area is 155 Å². The highest BCUT2D eigenvalue weighted by atomic mass is 32.2. The zero-order chi connectivity index (χ0) is 18.0. The molecule has 1 aliphatic heterocycles. The highest BCUT2D eigenvalue weighted by Gasteiger charge is 2.43. The van der Waals surface area contributed by atoms with Crippen molar-refractivity contribution in [3.8, 4) is 0 Å². The van der Waals surface area contributed by atoms with E-state index in [-0.39, 0.29) is 12.1 Å². The maximum atomic E-state index is 13.2. The van der Waals surface area contributed by atoms with Gasteiger partial charge in [-0.1, -0.05) is 18.2 Å². The summed E-state index contributed by atoms with van der Waals surface area (Å²) in [7, 11) is -3.40. The van der Waals surface area contributed by atoms with Crippen molar-refractivity contribution in [2.24, 2.45) is 0 Å². The van der Waals surface area contributed by atoms with Crippen LogP contribution >= 0.6 is 0 Å². The molecule has 140 valence electrons. The van der Waals surface area contributed by atoms with E-state index in [0.717, 1.165) is 51.7 Å². The van der Waals surface area contributed by atoms with E-state index in [1.165, 1.54) is 5.56 Å². The van der Waals surface area contributed by atoms with Gasteiger partial charge in [0.05, 0.1) is 11.1 Å². The standard InChI is InChI=1S/C19H26N4O2S/c24-26(25,19-4-2-1-3-5-19)23(17-6-7-17)18-9-12-22(13-10-18)11-8-16-14-20-21-15-16/h1-5,14-15,17-18H,6-13H2,(H,20,21). The number of nitrogens with zero attached hydrogens (tertiary/aromatic N) is 3. The van der Waals surface area contributed by atoms with Crippen LogP contribution in [0, 0.1) is 0 Å². The van der Waals surface area contributed by atoms with Gasteiger partial charge in [0.1, 0.15) is 0 Å². The number of benzene rings is 1. The topological polar surface area (TPSA) is 69.3 Å². The molecule has 0 unspecified atom stereocenters. The zero-order valence-electron chi connectivity index (χ0n) is 14.9. The molecule has 0 spiro atoms. The molecule has 1 N–H and O–H groups in total. The van der Waals surface area contributed by atoms with Crippen molar-refractivity contribution in [3.05, 3.63) is 48.3 Å². The number of H-pyrrole nitrogens is 1. The van der Waals surface area contributed by atoms with E-state index >= 15 is 0 Å². The lowest BCUT2D eigenvalue weighted by Crippen LogP contribution is -2.48. The maximum absolute atomic E-state index is 13.2. The first-order valence-corrected chi connectivity index (χ1v) is 10.9. The molecular weight excluding hydrogens is 348 g/mol. The lowest BCUT2D eigenvalue weighted by Gasteiger charge is -2.38. The fourth-order valence-electron chi connectivity index (χ4n) is 3.83. The van der Waals surface area contributed by atoms with Crippen LogP contribution in [0.2, 0.25) is 0 Å². The van der Waals surface area contributed by atoms with Crippen molar-refractivity contribution in [2.45, 2.75) is 49.1 Å². The second kappa shape index (κ2) is 7.50. The summed E-state index contributed by atoms with van der Waals surface area (Å²) in [6.07, 6.45) is 8.60. The fourth-order valence-corrected chi connectivity index (χ4v) is 5.78. The molecule has 1 aromatic heterocycles. The van der Waals surface area contributed by atoms with E-state index < -0.39 is 10.0 Å². The van der Waals surface area contributed by atoms with Crippen molar-refractivity contribution in [1.29, 1.82) is 0 Å². The Kier molecular flexibility index (Phi) is 5.11. The minimum atomic E-state index is -3.40. The molecule has 1 aromatic carbocycles. The number of nitrogens with one attached hydrogen (secondary N) is 1. The average molecular weight is 375 g/mol. The van der Waals surface area contributed by atoms with Gasteiger partial charge >= 0.3 is 0 Å². The predicted molar refractivity (Wildman–Crippen MR) is 100 cm³/mol. The van der Waals surface area contributed by atoms with Gasteiger partial charge in [-0.2, -0.15) is 9.40 Å². The van der Waals surface area contributed by atoms with E-state index in [0.29, 0.717) is 4.90 Å². The summed E-state index contributed by atoms with van der Waals surface area (Å²) in [6.45, 7) is 2.91. The number of aromatic amines is 1. The highest BCUT2D eigenvalue weighted by Crippen LogP contribution is 2.36. The zero-order valence-corrected chi connectivity index (χ0v) is 15.7. The molecule has 4 rings (SSSR count). The van der Waals surface area contributed by atoms with Gasteiger partial charge in [0, 0.05) is 24.8 Å². The van der Waals surface area contributed by atoms with E-state index in [9.17, 15) is 8.42 Å². The summed E-state index contributed by atoms with van der Waals surface area (Å²) in [5.41, 5.74) is 1.22. The second-order valence-electron chi connectivity index (χ2n) is 7.31. The van der Waals surface area contributed by atoms with Crippen LogP contribution < -0.4 is 0 Å². The summed E-state index contributed by atoms with van der Waals surface area (Å²) < 4.78 is 28.2. The molecule has 0 atom stereocenters. The van der Waals surface area contributed by atoms with Crippen molar-refractivity contribution >= 4 is 10.0 Å². The van der Waals surface area contributed by atoms with Crippen LogP contribution in [0.5, 0.6) is 0 Å². The molecule has 26 heavy (non-hydrogen) atoms. The lowest BCUT2D eigenvalue weighted by molar-refractivity contribution is 0.157.